The van der Waals surface area contributed by atoms with Gasteiger partial charge in [-0.1, -0.05) is 36.4 Å². The van der Waals surface area contributed by atoms with Crippen molar-refractivity contribution in [3.8, 4) is 0 Å². The van der Waals surface area contributed by atoms with Gasteiger partial charge >= 0.3 is 5.97 Å². The molecule has 0 aliphatic carbocycles. The van der Waals surface area contributed by atoms with E-state index >= 15 is 0 Å². The zero-order valence-electron chi connectivity index (χ0n) is 16.1. The van der Waals surface area contributed by atoms with E-state index in [1.165, 1.54) is 19.2 Å². The fourth-order valence-corrected chi connectivity index (χ4v) is 4.69. The van der Waals surface area contributed by atoms with Crippen molar-refractivity contribution in [2.24, 2.45) is 0 Å². The van der Waals surface area contributed by atoms with E-state index in [0.29, 0.717) is 18.8 Å². The third-order valence-electron chi connectivity index (χ3n) is 5.36. The molecule has 7 heteroatoms. The average Bonchev–Trinajstić information content (AvgIpc) is 2.73. The van der Waals surface area contributed by atoms with Crippen LogP contribution >= 0.6 is 0 Å². The quantitative estimate of drug-likeness (QED) is 0.750. The summed E-state index contributed by atoms with van der Waals surface area (Å²) >= 11 is 0. The maximum Gasteiger partial charge on any atom is 0.338 e. The molecule has 0 radical (unpaired) electrons. The van der Waals surface area contributed by atoms with E-state index in [1.54, 1.807) is 13.0 Å². The van der Waals surface area contributed by atoms with Gasteiger partial charge in [-0.3, -0.25) is 0 Å². The van der Waals surface area contributed by atoms with Gasteiger partial charge in [0.05, 0.1) is 17.6 Å². The lowest BCUT2D eigenvalue weighted by molar-refractivity contribution is 0.0517. The second kappa shape index (κ2) is 8.43. The number of sulfonamides is 1. The van der Waals surface area contributed by atoms with Crippen LogP contribution in [0.5, 0.6) is 0 Å². The second-order valence-electron chi connectivity index (χ2n) is 7.05. The van der Waals surface area contributed by atoms with Crippen LogP contribution in [0.1, 0.15) is 34.3 Å². The Balaban J connectivity index is 1.86. The Morgan fingerprint density at radius 1 is 1.14 bits per heavy atom. The number of hydrogen-bond acceptors (Lipinski definition) is 5. The maximum atomic E-state index is 12.9. The van der Waals surface area contributed by atoms with Crippen LogP contribution in [-0.2, 0) is 24.9 Å². The van der Waals surface area contributed by atoms with Crippen LogP contribution < -0.4 is 4.72 Å². The molecule has 0 saturated carbocycles. The Kier molecular flexibility index (Phi) is 6.17. The first-order valence-electron chi connectivity index (χ1n) is 9.20. The minimum atomic E-state index is -3.79. The van der Waals surface area contributed by atoms with Gasteiger partial charge < -0.3 is 9.47 Å². The summed E-state index contributed by atoms with van der Waals surface area (Å²) in [6, 6.07) is 14.4. The Bertz CT molecular complexity index is 935. The molecule has 1 saturated heterocycles. The minimum absolute atomic E-state index is 0.0498. The number of hydrogen-bond donors (Lipinski definition) is 1. The number of rotatable bonds is 6. The molecule has 0 unspecified atom stereocenters. The summed E-state index contributed by atoms with van der Waals surface area (Å²) in [5, 5.41) is 0. The van der Waals surface area contributed by atoms with Gasteiger partial charge in [-0.15, -0.1) is 0 Å². The monoisotopic (exact) mass is 403 g/mol. The van der Waals surface area contributed by atoms with E-state index in [1.807, 2.05) is 30.3 Å². The number of methoxy groups -OCH3 is 1. The Hall–Kier alpha value is -2.22. The molecule has 2 aromatic carbocycles. The van der Waals surface area contributed by atoms with Crippen LogP contribution in [0.4, 0.5) is 0 Å². The standard InChI is InChI=1S/C21H25NO5S/c1-16-8-9-18(14-19(16)20(23)26-2)28(24,25)22-15-21(10-12-27-13-11-21)17-6-4-3-5-7-17/h3-9,14,22H,10-13,15H2,1-2H3. The van der Waals surface area contributed by atoms with Crippen molar-refractivity contribution in [3.63, 3.8) is 0 Å². The third-order valence-corrected chi connectivity index (χ3v) is 6.76. The van der Waals surface area contributed by atoms with E-state index in [9.17, 15) is 13.2 Å². The van der Waals surface area contributed by atoms with Crippen LogP contribution in [0.15, 0.2) is 53.4 Å². The van der Waals surface area contributed by atoms with Gasteiger partial charge in [-0.05, 0) is 43.0 Å². The fraction of sp³-hybridized carbons (Fsp3) is 0.381. The first-order valence-corrected chi connectivity index (χ1v) is 10.7. The highest BCUT2D eigenvalue weighted by molar-refractivity contribution is 7.89. The maximum absolute atomic E-state index is 12.9. The van der Waals surface area contributed by atoms with E-state index in [2.05, 4.69) is 4.72 Å². The summed E-state index contributed by atoms with van der Waals surface area (Å²) < 4.78 is 38.9. The van der Waals surface area contributed by atoms with Crippen molar-refractivity contribution in [2.45, 2.75) is 30.1 Å². The summed E-state index contributed by atoms with van der Waals surface area (Å²) in [5.41, 5.74) is 1.69. The molecule has 1 fully saturated rings. The molecule has 0 aromatic heterocycles. The number of benzene rings is 2. The number of ether oxygens (including phenoxy) is 2. The number of carbonyl (C=O) groups excluding carboxylic acids is 1. The highest BCUT2D eigenvalue weighted by Gasteiger charge is 2.35. The lowest BCUT2D eigenvalue weighted by Crippen LogP contribution is -2.44. The molecular weight excluding hydrogens is 378 g/mol. The van der Waals surface area contributed by atoms with E-state index in [4.69, 9.17) is 9.47 Å². The zero-order valence-corrected chi connectivity index (χ0v) is 16.9. The Labute approximate surface area is 165 Å². The summed E-state index contributed by atoms with van der Waals surface area (Å²) in [7, 11) is -2.51. The predicted molar refractivity (Wildman–Crippen MR) is 106 cm³/mol. The van der Waals surface area contributed by atoms with Crippen molar-refractivity contribution in [1.82, 2.24) is 4.72 Å². The lowest BCUT2D eigenvalue weighted by atomic mass is 9.74. The van der Waals surface area contributed by atoms with Crippen LogP contribution in [0.25, 0.3) is 0 Å². The van der Waals surface area contributed by atoms with Gasteiger partial charge in [0.15, 0.2) is 0 Å². The summed E-state index contributed by atoms with van der Waals surface area (Å²) in [6.45, 7) is 3.19. The number of nitrogens with one attached hydrogen (secondary N) is 1. The highest BCUT2D eigenvalue weighted by Crippen LogP contribution is 2.34. The second-order valence-corrected chi connectivity index (χ2v) is 8.82. The topological polar surface area (TPSA) is 81.7 Å². The van der Waals surface area contributed by atoms with Gasteiger partial charge in [-0.2, -0.15) is 0 Å². The Morgan fingerprint density at radius 2 is 1.82 bits per heavy atom. The van der Waals surface area contributed by atoms with Gasteiger partial charge in [0.2, 0.25) is 10.0 Å². The molecule has 0 spiro atoms. The molecule has 150 valence electrons. The number of esters is 1. The van der Waals surface area contributed by atoms with Gasteiger partial charge in [-0.25, -0.2) is 17.9 Å². The Morgan fingerprint density at radius 3 is 2.46 bits per heavy atom. The average molecular weight is 404 g/mol. The van der Waals surface area contributed by atoms with E-state index in [0.717, 1.165) is 18.4 Å². The van der Waals surface area contributed by atoms with Crippen LogP contribution in [0, 0.1) is 6.92 Å². The molecular formula is C21H25NO5S. The first-order chi connectivity index (χ1) is 13.4. The zero-order chi connectivity index (χ0) is 20.2. The summed E-state index contributed by atoms with van der Waals surface area (Å²) in [6.07, 6.45) is 1.47. The molecule has 0 amide bonds. The van der Waals surface area contributed by atoms with Crippen LogP contribution in [0.3, 0.4) is 0 Å². The van der Waals surface area contributed by atoms with Crippen molar-refractivity contribution >= 4 is 16.0 Å². The molecule has 6 nitrogen and oxygen atoms in total. The fourth-order valence-electron chi connectivity index (χ4n) is 3.54. The smallest absolute Gasteiger partial charge is 0.338 e. The summed E-state index contributed by atoms with van der Waals surface area (Å²) in [5.74, 6) is -0.556. The van der Waals surface area contributed by atoms with Gasteiger partial charge in [0.25, 0.3) is 0 Å². The number of aryl methyl sites for hydroxylation is 1. The van der Waals surface area contributed by atoms with Crippen molar-refractivity contribution in [2.75, 3.05) is 26.9 Å². The third kappa shape index (κ3) is 4.27. The molecule has 1 aliphatic heterocycles. The van der Waals surface area contributed by atoms with Gasteiger partial charge in [0, 0.05) is 25.2 Å². The normalized spacial score (nSPS) is 16.5. The van der Waals surface area contributed by atoms with Gasteiger partial charge in [0.1, 0.15) is 0 Å². The number of carbonyl (C=O) groups is 1. The molecule has 1 aliphatic rings. The molecule has 28 heavy (non-hydrogen) atoms. The van der Waals surface area contributed by atoms with Crippen molar-refractivity contribution in [1.29, 1.82) is 0 Å². The van der Waals surface area contributed by atoms with Crippen LogP contribution in [-0.4, -0.2) is 41.3 Å². The predicted octanol–water partition coefficient (Wildman–Crippen LogP) is 2.81. The lowest BCUT2D eigenvalue weighted by Gasteiger charge is -2.37. The highest BCUT2D eigenvalue weighted by atomic mass is 32.2. The van der Waals surface area contributed by atoms with E-state index < -0.39 is 16.0 Å². The SMILES string of the molecule is COC(=O)c1cc(S(=O)(=O)NCC2(c3ccccc3)CCOCC2)ccc1C. The molecule has 0 bridgehead atoms. The first kappa shape index (κ1) is 20.5. The molecule has 1 heterocycles. The van der Waals surface area contributed by atoms with E-state index in [-0.39, 0.29) is 22.4 Å². The molecule has 0 atom stereocenters. The van der Waals surface area contributed by atoms with Crippen molar-refractivity contribution < 1.29 is 22.7 Å². The molecule has 1 N–H and O–H groups in total. The molecule has 2 aromatic rings. The van der Waals surface area contributed by atoms with Crippen molar-refractivity contribution in [3.05, 3.63) is 65.2 Å². The molecule has 3 rings (SSSR count). The van der Waals surface area contributed by atoms with Crippen LogP contribution in [0.2, 0.25) is 0 Å². The largest absolute Gasteiger partial charge is 0.465 e. The summed E-state index contributed by atoms with van der Waals surface area (Å²) in [4.78, 5) is 12.0. The minimum Gasteiger partial charge on any atom is -0.465 e.